The lowest BCUT2D eigenvalue weighted by molar-refractivity contribution is 0.0517. The Labute approximate surface area is 135 Å². The topological polar surface area (TPSA) is 80.9 Å². The van der Waals surface area contributed by atoms with Gasteiger partial charge in [0.25, 0.3) is 5.91 Å². The third kappa shape index (κ3) is 2.95. The molecule has 2 N–H and O–H groups in total. The standard InChI is InChI=1S/C15H14BrNO5/c1-15(19,7-17-14(18)11-4-5-13(16)22-11)9-2-3-10-12(6-9)21-8-20-10/h2-6,19H,7-8H2,1H3,(H,17,18)/t15-/m1/s1. The average molecular weight is 368 g/mol. The molecule has 1 amide bonds. The van der Waals surface area contributed by atoms with Gasteiger partial charge in [0.15, 0.2) is 21.9 Å². The number of furan rings is 1. The van der Waals surface area contributed by atoms with Gasteiger partial charge in [0, 0.05) is 0 Å². The minimum absolute atomic E-state index is 0.0315. The van der Waals surface area contributed by atoms with Crippen LogP contribution in [0.5, 0.6) is 11.5 Å². The van der Waals surface area contributed by atoms with Crippen molar-refractivity contribution in [3.8, 4) is 11.5 Å². The first-order valence-corrected chi connectivity index (χ1v) is 7.41. The zero-order chi connectivity index (χ0) is 15.7. The number of carbonyl (C=O) groups excluding carboxylic acids is 1. The summed E-state index contributed by atoms with van der Waals surface area (Å²) in [5, 5.41) is 13.2. The molecule has 2 heterocycles. The lowest BCUT2D eigenvalue weighted by atomic mass is 9.95. The first kappa shape index (κ1) is 14.9. The Morgan fingerprint density at radius 3 is 2.82 bits per heavy atom. The molecule has 1 aliphatic rings. The quantitative estimate of drug-likeness (QED) is 0.866. The number of aliphatic hydroxyl groups is 1. The van der Waals surface area contributed by atoms with E-state index in [-0.39, 0.29) is 19.1 Å². The molecule has 1 aromatic carbocycles. The van der Waals surface area contributed by atoms with Crippen LogP contribution in [0.25, 0.3) is 0 Å². The zero-order valence-corrected chi connectivity index (χ0v) is 13.3. The van der Waals surface area contributed by atoms with Crippen LogP contribution in [0, 0.1) is 0 Å². The fourth-order valence-electron chi connectivity index (χ4n) is 2.11. The smallest absolute Gasteiger partial charge is 0.287 e. The van der Waals surface area contributed by atoms with Crippen molar-refractivity contribution in [3.63, 3.8) is 0 Å². The van der Waals surface area contributed by atoms with Gasteiger partial charge in [-0.2, -0.15) is 0 Å². The minimum Gasteiger partial charge on any atom is -0.454 e. The van der Waals surface area contributed by atoms with E-state index in [1.807, 2.05) is 0 Å². The highest BCUT2D eigenvalue weighted by Crippen LogP contribution is 2.35. The molecule has 6 nitrogen and oxygen atoms in total. The number of fused-ring (bicyclic) bond motifs is 1. The number of benzene rings is 1. The largest absolute Gasteiger partial charge is 0.454 e. The van der Waals surface area contributed by atoms with Gasteiger partial charge in [-0.3, -0.25) is 4.79 Å². The molecule has 1 aromatic heterocycles. The number of nitrogens with one attached hydrogen (secondary N) is 1. The Kier molecular flexibility index (Phi) is 3.84. The maximum Gasteiger partial charge on any atom is 0.287 e. The molecule has 0 unspecified atom stereocenters. The monoisotopic (exact) mass is 367 g/mol. The van der Waals surface area contributed by atoms with Crippen LogP contribution in [-0.4, -0.2) is 24.4 Å². The van der Waals surface area contributed by atoms with Crippen LogP contribution >= 0.6 is 15.9 Å². The lowest BCUT2D eigenvalue weighted by Crippen LogP contribution is -2.38. The molecule has 0 spiro atoms. The van der Waals surface area contributed by atoms with Crippen molar-refractivity contribution in [1.82, 2.24) is 5.32 Å². The van der Waals surface area contributed by atoms with E-state index in [1.54, 1.807) is 37.3 Å². The van der Waals surface area contributed by atoms with Gasteiger partial charge in [-0.25, -0.2) is 0 Å². The van der Waals surface area contributed by atoms with Crippen LogP contribution in [0.1, 0.15) is 23.0 Å². The van der Waals surface area contributed by atoms with E-state index in [0.29, 0.717) is 21.7 Å². The van der Waals surface area contributed by atoms with Gasteiger partial charge in [-0.1, -0.05) is 6.07 Å². The maximum absolute atomic E-state index is 11.9. The highest BCUT2D eigenvalue weighted by molar-refractivity contribution is 9.10. The molecule has 7 heteroatoms. The van der Waals surface area contributed by atoms with E-state index in [1.165, 1.54) is 0 Å². The molecule has 0 saturated carbocycles. The van der Waals surface area contributed by atoms with Crippen molar-refractivity contribution >= 4 is 21.8 Å². The minimum atomic E-state index is -1.25. The van der Waals surface area contributed by atoms with Gasteiger partial charge in [0.1, 0.15) is 5.60 Å². The second kappa shape index (κ2) is 5.66. The van der Waals surface area contributed by atoms with E-state index in [9.17, 15) is 9.90 Å². The molecule has 1 atom stereocenters. The molecule has 0 aliphatic carbocycles. The first-order chi connectivity index (χ1) is 10.5. The Morgan fingerprint density at radius 1 is 1.32 bits per heavy atom. The Hall–Kier alpha value is -1.99. The number of rotatable bonds is 4. The van der Waals surface area contributed by atoms with Gasteiger partial charge in [0.05, 0.1) is 6.54 Å². The second-order valence-corrected chi connectivity index (χ2v) is 5.91. The van der Waals surface area contributed by atoms with Gasteiger partial charge < -0.3 is 24.3 Å². The number of hydrogen-bond acceptors (Lipinski definition) is 5. The summed E-state index contributed by atoms with van der Waals surface area (Å²) in [6, 6.07) is 8.36. The summed E-state index contributed by atoms with van der Waals surface area (Å²) in [6.07, 6.45) is 0. The van der Waals surface area contributed by atoms with Crippen molar-refractivity contribution in [2.24, 2.45) is 0 Å². The van der Waals surface area contributed by atoms with Crippen molar-refractivity contribution < 1.29 is 23.8 Å². The molecule has 2 aromatic rings. The molecule has 22 heavy (non-hydrogen) atoms. The number of hydrogen-bond donors (Lipinski definition) is 2. The third-order valence-corrected chi connectivity index (χ3v) is 3.81. The third-order valence-electron chi connectivity index (χ3n) is 3.38. The van der Waals surface area contributed by atoms with Crippen LogP contribution < -0.4 is 14.8 Å². The van der Waals surface area contributed by atoms with Crippen molar-refractivity contribution in [1.29, 1.82) is 0 Å². The van der Waals surface area contributed by atoms with E-state index in [0.717, 1.165) is 0 Å². The summed E-state index contributed by atoms with van der Waals surface area (Å²) in [5.41, 5.74) is -0.627. The molecular formula is C15H14BrNO5. The number of halogens is 1. The van der Waals surface area contributed by atoms with Crippen LogP contribution in [0.15, 0.2) is 39.4 Å². The number of amides is 1. The maximum atomic E-state index is 11.9. The molecule has 1 aliphatic heterocycles. The molecule has 0 fully saturated rings. The normalized spacial score (nSPS) is 15.4. The van der Waals surface area contributed by atoms with Gasteiger partial charge >= 0.3 is 0 Å². The zero-order valence-electron chi connectivity index (χ0n) is 11.8. The highest BCUT2D eigenvalue weighted by atomic mass is 79.9. The Bertz CT molecular complexity index is 710. The van der Waals surface area contributed by atoms with E-state index >= 15 is 0 Å². The van der Waals surface area contributed by atoms with Crippen LogP contribution in [0.3, 0.4) is 0 Å². The predicted molar refractivity (Wildman–Crippen MR) is 80.9 cm³/mol. The van der Waals surface area contributed by atoms with E-state index in [4.69, 9.17) is 13.9 Å². The first-order valence-electron chi connectivity index (χ1n) is 6.62. The summed E-state index contributed by atoms with van der Waals surface area (Å²) in [4.78, 5) is 11.9. The average Bonchev–Trinajstić information content (AvgIpc) is 3.12. The van der Waals surface area contributed by atoms with Gasteiger partial charge in [-0.05, 0) is 52.7 Å². The van der Waals surface area contributed by atoms with Gasteiger partial charge in [-0.15, -0.1) is 0 Å². The predicted octanol–water partition coefficient (Wildman–Crippen LogP) is 2.41. The van der Waals surface area contributed by atoms with Crippen LogP contribution in [0.4, 0.5) is 0 Å². The molecule has 0 bridgehead atoms. The molecule has 116 valence electrons. The fourth-order valence-corrected chi connectivity index (χ4v) is 2.42. The molecule has 0 saturated heterocycles. The number of carbonyl (C=O) groups is 1. The van der Waals surface area contributed by atoms with E-state index in [2.05, 4.69) is 21.2 Å². The van der Waals surface area contributed by atoms with Crippen LogP contribution in [0.2, 0.25) is 0 Å². The summed E-state index contributed by atoms with van der Waals surface area (Å²) < 4.78 is 16.2. The Balaban J connectivity index is 1.69. The lowest BCUT2D eigenvalue weighted by Gasteiger charge is -2.24. The molecule has 3 rings (SSSR count). The van der Waals surface area contributed by atoms with Crippen molar-refractivity contribution in [2.75, 3.05) is 13.3 Å². The number of ether oxygens (including phenoxy) is 2. The molecular weight excluding hydrogens is 354 g/mol. The highest BCUT2D eigenvalue weighted by Gasteiger charge is 2.27. The van der Waals surface area contributed by atoms with Crippen molar-refractivity contribution in [2.45, 2.75) is 12.5 Å². The van der Waals surface area contributed by atoms with Crippen molar-refractivity contribution in [3.05, 3.63) is 46.3 Å². The van der Waals surface area contributed by atoms with Gasteiger partial charge in [0.2, 0.25) is 6.79 Å². The summed E-state index contributed by atoms with van der Waals surface area (Å²) in [6.45, 7) is 1.82. The summed E-state index contributed by atoms with van der Waals surface area (Å²) in [7, 11) is 0. The summed E-state index contributed by atoms with van der Waals surface area (Å²) in [5.74, 6) is 1.00. The summed E-state index contributed by atoms with van der Waals surface area (Å²) >= 11 is 3.13. The Morgan fingerprint density at radius 2 is 2.09 bits per heavy atom. The van der Waals surface area contributed by atoms with Crippen LogP contribution in [-0.2, 0) is 5.60 Å². The SMILES string of the molecule is C[C@@](O)(CNC(=O)c1ccc(Br)o1)c1ccc2c(c1)OCO2. The van der Waals surface area contributed by atoms with E-state index < -0.39 is 11.5 Å². The second-order valence-electron chi connectivity index (χ2n) is 5.13. The molecule has 0 radical (unpaired) electrons. The fraction of sp³-hybridized carbons (Fsp3) is 0.267.